The number of nitrogens with one attached hydrogen (secondary N) is 1. The molecule has 0 aromatic heterocycles. The van der Waals surface area contributed by atoms with E-state index in [-0.39, 0.29) is 17.5 Å². The van der Waals surface area contributed by atoms with Gasteiger partial charge in [0.2, 0.25) is 5.91 Å². The number of methoxy groups -OCH3 is 1. The van der Waals surface area contributed by atoms with Crippen LogP contribution in [0.15, 0.2) is 48.5 Å². The zero-order valence-corrected chi connectivity index (χ0v) is 18.7. The van der Waals surface area contributed by atoms with Gasteiger partial charge in [0.1, 0.15) is 5.75 Å². The van der Waals surface area contributed by atoms with E-state index >= 15 is 0 Å². The van der Waals surface area contributed by atoms with E-state index in [2.05, 4.69) is 66.5 Å². The van der Waals surface area contributed by atoms with E-state index < -0.39 is 0 Å². The monoisotopic (exact) mass is 406 g/mol. The lowest BCUT2D eigenvalue weighted by molar-refractivity contribution is -0.122. The van der Waals surface area contributed by atoms with Gasteiger partial charge >= 0.3 is 0 Å². The number of piperidine rings is 1. The summed E-state index contributed by atoms with van der Waals surface area (Å²) in [5, 5.41) is 3.32. The lowest BCUT2D eigenvalue weighted by atomic mass is 9.66. The molecule has 2 aromatic carbocycles. The van der Waals surface area contributed by atoms with Crippen LogP contribution in [0.5, 0.6) is 5.75 Å². The van der Waals surface area contributed by atoms with Gasteiger partial charge in [0, 0.05) is 12.5 Å². The van der Waals surface area contributed by atoms with Crippen LogP contribution in [0, 0.1) is 5.92 Å². The molecule has 0 saturated carbocycles. The summed E-state index contributed by atoms with van der Waals surface area (Å²) in [7, 11) is 1.71. The minimum absolute atomic E-state index is 0.0204. The average Bonchev–Trinajstić information content (AvgIpc) is 2.77. The summed E-state index contributed by atoms with van der Waals surface area (Å²) >= 11 is 0. The fraction of sp³-hybridized carbons (Fsp3) is 0.500. The van der Waals surface area contributed by atoms with Crippen molar-refractivity contribution in [2.45, 2.75) is 57.5 Å². The molecule has 160 valence electrons. The summed E-state index contributed by atoms with van der Waals surface area (Å²) in [6, 6.07) is 17.2. The van der Waals surface area contributed by atoms with Gasteiger partial charge in [-0.25, -0.2) is 0 Å². The lowest BCUT2D eigenvalue weighted by Gasteiger charge is -2.55. The van der Waals surface area contributed by atoms with Crippen molar-refractivity contribution in [2.24, 2.45) is 5.92 Å². The van der Waals surface area contributed by atoms with Gasteiger partial charge in [-0.05, 0) is 79.9 Å². The highest BCUT2D eigenvalue weighted by Crippen LogP contribution is 2.47. The van der Waals surface area contributed by atoms with E-state index in [0.717, 1.165) is 38.1 Å². The van der Waals surface area contributed by atoms with Crippen molar-refractivity contribution >= 4 is 5.91 Å². The first-order valence-electron chi connectivity index (χ1n) is 11.2. The first kappa shape index (κ1) is 20.9. The predicted octanol–water partition coefficient (Wildman–Crippen LogP) is 4.70. The van der Waals surface area contributed by atoms with E-state index in [1.54, 1.807) is 14.0 Å². The van der Waals surface area contributed by atoms with Crippen LogP contribution in [0.2, 0.25) is 0 Å². The molecule has 1 aliphatic heterocycles. The Morgan fingerprint density at radius 3 is 2.47 bits per heavy atom. The van der Waals surface area contributed by atoms with Gasteiger partial charge in [0.05, 0.1) is 13.2 Å². The number of carbonyl (C=O) groups excluding carboxylic acids is 1. The molecule has 1 N–H and O–H groups in total. The number of likely N-dealkylation sites (tertiary alicyclic amines) is 1. The number of hydrogen-bond acceptors (Lipinski definition) is 3. The first-order valence-corrected chi connectivity index (χ1v) is 11.2. The molecule has 3 atom stereocenters. The lowest BCUT2D eigenvalue weighted by Crippen LogP contribution is -2.62. The molecule has 1 saturated heterocycles. The Kier molecular flexibility index (Phi) is 5.88. The van der Waals surface area contributed by atoms with Gasteiger partial charge in [-0.15, -0.1) is 0 Å². The highest BCUT2D eigenvalue weighted by atomic mass is 16.5. The van der Waals surface area contributed by atoms with Gasteiger partial charge in [0.15, 0.2) is 0 Å². The molecule has 1 heterocycles. The Morgan fingerprint density at radius 1 is 1.13 bits per heavy atom. The first-order chi connectivity index (χ1) is 14.4. The van der Waals surface area contributed by atoms with Gasteiger partial charge in [-0.2, -0.15) is 0 Å². The van der Waals surface area contributed by atoms with E-state index in [4.69, 9.17) is 4.74 Å². The molecule has 0 radical (unpaired) electrons. The third kappa shape index (κ3) is 3.74. The molecule has 0 bridgehead atoms. The van der Waals surface area contributed by atoms with Crippen LogP contribution in [0.4, 0.5) is 0 Å². The van der Waals surface area contributed by atoms with Crippen molar-refractivity contribution in [3.8, 4) is 5.75 Å². The molecule has 30 heavy (non-hydrogen) atoms. The van der Waals surface area contributed by atoms with Gasteiger partial charge in [-0.3, -0.25) is 9.69 Å². The topological polar surface area (TPSA) is 41.6 Å². The molecule has 1 aliphatic carbocycles. The van der Waals surface area contributed by atoms with Gasteiger partial charge in [-0.1, -0.05) is 43.3 Å². The normalized spacial score (nSPS) is 27.3. The maximum Gasteiger partial charge on any atom is 0.217 e. The third-order valence-electron chi connectivity index (χ3n) is 7.56. The molecule has 2 aromatic rings. The van der Waals surface area contributed by atoms with Crippen LogP contribution in [-0.4, -0.2) is 36.5 Å². The Balaban J connectivity index is 1.62. The highest BCUT2D eigenvalue weighted by molar-refractivity contribution is 5.74. The SMILES string of the molecule is COc1ccc2c(c1)CC(C)C(C)(N1CCC(c3ccccc3)CC1)C2NC(C)=O. The summed E-state index contributed by atoms with van der Waals surface area (Å²) < 4.78 is 5.46. The molecule has 4 nitrogen and oxygen atoms in total. The second-order valence-electron chi connectivity index (χ2n) is 9.20. The summed E-state index contributed by atoms with van der Waals surface area (Å²) in [5.41, 5.74) is 3.86. The standard InChI is InChI=1S/C26H34N2O2/c1-18-16-22-17-23(30-4)10-11-24(22)25(27-19(2)29)26(18,3)28-14-12-21(13-15-28)20-8-6-5-7-9-20/h5-11,17-18,21,25H,12-16H2,1-4H3,(H,27,29). The van der Waals surface area contributed by atoms with Crippen molar-refractivity contribution in [1.29, 1.82) is 0 Å². The van der Waals surface area contributed by atoms with Gasteiger partial charge in [0.25, 0.3) is 0 Å². The third-order valence-corrected chi connectivity index (χ3v) is 7.56. The summed E-state index contributed by atoms with van der Waals surface area (Å²) in [4.78, 5) is 14.8. The molecule has 0 spiro atoms. The second kappa shape index (κ2) is 8.43. The summed E-state index contributed by atoms with van der Waals surface area (Å²) in [6.07, 6.45) is 3.32. The number of rotatable bonds is 4. The minimum atomic E-state index is -0.116. The van der Waals surface area contributed by atoms with E-state index in [1.165, 1.54) is 16.7 Å². The number of nitrogens with zero attached hydrogens (tertiary/aromatic N) is 1. The Hall–Kier alpha value is -2.33. The molecule has 1 fully saturated rings. The zero-order chi connectivity index (χ0) is 21.3. The quantitative estimate of drug-likeness (QED) is 0.800. The van der Waals surface area contributed by atoms with E-state index in [0.29, 0.717) is 11.8 Å². The summed E-state index contributed by atoms with van der Waals surface area (Å²) in [5.74, 6) is 1.96. The van der Waals surface area contributed by atoms with Crippen LogP contribution < -0.4 is 10.1 Å². The van der Waals surface area contributed by atoms with Crippen LogP contribution >= 0.6 is 0 Å². The Labute approximate surface area is 180 Å². The second-order valence-corrected chi connectivity index (χ2v) is 9.20. The molecule has 3 unspecified atom stereocenters. The van der Waals surface area contributed by atoms with Crippen molar-refractivity contribution in [3.05, 3.63) is 65.2 Å². The number of hydrogen-bond donors (Lipinski definition) is 1. The minimum Gasteiger partial charge on any atom is -0.497 e. The smallest absolute Gasteiger partial charge is 0.217 e. The van der Waals surface area contributed by atoms with Crippen molar-refractivity contribution < 1.29 is 9.53 Å². The number of fused-ring (bicyclic) bond motifs is 1. The molecular formula is C26H34N2O2. The van der Waals surface area contributed by atoms with Crippen molar-refractivity contribution in [1.82, 2.24) is 10.2 Å². The largest absolute Gasteiger partial charge is 0.497 e. The number of benzene rings is 2. The number of ether oxygens (including phenoxy) is 1. The van der Waals surface area contributed by atoms with E-state index in [1.807, 2.05) is 6.07 Å². The van der Waals surface area contributed by atoms with Crippen LogP contribution in [0.3, 0.4) is 0 Å². The van der Waals surface area contributed by atoms with Crippen LogP contribution in [0.25, 0.3) is 0 Å². The number of amides is 1. The molecule has 4 heteroatoms. The van der Waals surface area contributed by atoms with E-state index in [9.17, 15) is 4.79 Å². The fourth-order valence-electron chi connectivity index (χ4n) is 5.64. The molecule has 4 rings (SSSR count). The molecule has 1 amide bonds. The number of carbonyl (C=O) groups is 1. The van der Waals surface area contributed by atoms with Crippen LogP contribution in [-0.2, 0) is 11.2 Å². The average molecular weight is 407 g/mol. The highest BCUT2D eigenvalue weighted by Gasteiger charge is 2.49. The fourth-order valence-corrected chi connectivity index (χ4v) is 5.64. The molecule has 2 aliphatic rings. The Bertz CT molecular complexity index is 889. The van der Waals surface area contributed by atoms with Crippen molar-refractivity contribution in [3.63, 3.8) is 0 Å². The summed E-state index contributed by atoms with van der Waals surface area (Å²) in [6.45, 7) is 8.43. The van der Waals surface area contributed by atoms with Gasteiger partial charge < -0.3 is 10.1 Å². The zero-order valence-electron chi connectivity index (χ0n) is 18.7. The molecular weight excluding hydrogens is 372 g/mol. The Morgan fingerprint density at radius 2 is 1.83 bits per heavy atom. The maximum atomic E-state index is 12.2. The van der Waals surface area contributed by atoms with Crippen molar-refractivity contribution in [2.75, 3.05) is 20.2 Å². The predicted molar refractivity (Wildman–Crippen MR) is 121 cm³/mol. The van der Waals surface area contributed by atoms with Crippen LogP contribution in [0.1, 0.15) is 62.3 Å². The maximum absolute atomic E-state index is 12.2.